The number of imidazole rings is 1. The molecule has 4 rings (SSSR count). The molecule has 1 N–H and O–H groups in total. The van der Waals surface area contributed by atoms with Crippen LogP contribution >= 0.6 is 0 Å². The Balaban J connectivity index is 1.78. The highest BCUT2D eigenvalue weighted by atomic mass is 19.4. The van der Waals surface area contributed by atoms with E-state index in [1.807, 2.05) is 0 Å². The smallest absolute Gasteiger partial charge is 0.316 e. The van der Waals surface area contributed by atoms with Crippen molar-refractivity contribution in [2.45, 2.75) is 24.9 Å². The minimum absolute atomic E-state index is 0.212. The summed E-state index contributed by atoms with van der Waals surface area (Å²) in [4.78, 5) is 4.01. The summed E-state index contributed by atoms with van der Waals surface area (Å²) < 4.78 is 40.7. The fourth-order valence-corrected chi connectivity index (χ4v) is 3.96. The minimum atomic E-state index is -4.32. The van der Waals surface area contributed by atoms with Gasteiger partial charge in [0.2, 0.25) is 0 Å². The van der Waals surface area contributed by atoms with Crippen molar-refractivity contribution in [3.8, 4) is 0 Å². The number of pyridine rings is 1. The summed E-state index contributed by atoms with van der Waals surface area (Å²) in [6.07, 6.45) is 1.87. The summed E-state index contributed by atoms with van der Waals surface area (Å²) in [5, 5.41) is 3.37. The molecule has 21 heavy (non-hydrogen) atoms. The summed E-state index contributed by atoms with van der Waals surface area (Å²) in [6.45, 7) is 1.99. The molecule has 112 valence electrons. The fourth-order valence-electron chi connectivity index (χ4n) is 3.96. The van der Waals surface area contributed by atoms with Crippen LogP contribution in [0.1, 0.15) is 29.9 Å². The van der Waals surface area contributed by atoms with E-state index < -0.39 is 11.7 Å². The van der Waals surface area contributed by atoms with E-state index in [-0.39, 0.29) is 5.92 Å². The number of hydrogen-bond donors (Lipinski definition) is 1. The van der Waals surface area contributed by atoms with E-state index in [0.717, 1.165) is 43.2 Å². The van der Waals surface area contributed by atoms with Gasteiger partial charge in [-0.05, 0) is 55.3 Å². The summed E-state index contributed by atoms with van der Waals surface area (Å²) in [5.74, 6) is 1.42. The highest BCUT2D eigenvalue weighted by molar-refractivity contribution is 5.56. The monoisotopic (exact) mass is 295 g/mol. The average Bonchev–Trinajstić information content (AvgIpc) is 3.11. The van der Waals surface area contributed by atoms with Gasteiger partial charge in [-0.3, -0.25) is 0 Å². The molecule has 2 aromatic heterocycles. The molecule has 2 aliphatic rings. The predicted octanol–water partition coefficient (Wildman–Crippen LogP) is 3.07. The molecule has 3 atom stereocenters. The number of fused-ring (bicyclic) bond motifs is 2. The molecule has 0 spiro atoms. The second kappa shape index (κ2) is 4.47. The van der Waals surface area contributed by atoms with Crippen molar-refractivity contribution in [1.29, 1.82) is 0 Å². The number of halogens is 3. The number of nitrogens with zero attached hydrogens (tertiary/aromatic N) is 2. The molecule has 0 radical (unpaired) electrons. The van der Waals surface area contributed by atoms with Gasteiger partial charge >= 0.3 is 6.18 Å². The third-order valence-corrected chi connectivity index (χ3v) is 4.97. The van der Waals surface area contributed by atoms with E-state index in [1.54, 1.807) is 6.20 Å². The van der Waals surface area contributed by atoms with Crippen molar-refractivity contribution in [2.75, 3.05) is 13.1 Å². The highest BCUT2D eigenvalue weighted by Gasteiger charge is 2.39. The van der Waals surface area contributed by atoms with Crippen molar-refractivity contribution in [2.24, 2.45) is 11.8 Å². The molecular formula is C15H16F3N3. The molecular weight excluding hydrogens is 279 g/mol. The maximum absolute atomic E-state index is 13.1. The van der Waals surface area contributed by atoms with Crippen LogP contribution in [0.3, 0.4) is 0 Å². The summed E-state index contributed by atoms with van der Waals surface area (Å²) in [7, 11) is 0. The Morgan fingerprint density at radius 1 is 1.19 bits per heavy atom. The maximum atomic E-state index is 13.1. The largest absolute Gasteiger partial charge is 0.417 e. The zero-order valence-electron chi connectivity index (χ0n) is 11.4. The predicted molar refractivity (Wildman–Crippen MR) is 72.0 cm³/mol. The molecule has 6 heteroatoms. The first kappa shape index (κ1) is 13.1. The van der Waals surface area contributed by atoms with E-state index in [4.69, 9.17) is 0 Å². The van der Waals surface area contributed by atoms with E-state index in [9.17, 15) is 13.2 Å². The Morgan fingerprint density at radius 3 is 2.57 bits per heavy atom. The number of nitrogens with one attached hydrogen (secondary N) is 1. The lowest BCUT2D eigenvalue weighted by molar-refractivity contribution is -0.137. The average molecular weight is 295 g/mol. The molecule has 0 amide bonds. The van der Waals surface area contributed by atoms with Crippen molar-refractivity contribution in [1.82, 2.24) is 14.7 Å². The minimum Gasteiger partial charge on any atom is -0.316 e. The van der Waals surface area contributed by atoms with Crippen LogP contribution in [0.4, 0.5) is 13.2 Å². The van der Waals surface area contributed by atoms with E-state index >= 15 is 0 Å². The Bertz CT molecular complexity index is 664. The molecule has 3 nitrogen and oxygen atoms in total. The quantitative estimate of drug-likeness (QED) is 0.876. The van der Waals surface area contributed by atoms with Crippen molar-refractivity contribution in [3.05, 3.63) is 35.9 Å². The van der Waals surface area contributed by atoms with Crippen LogP contribution in [-0.4, -0.2) is 22.5 Å². The molecule has 1 saturated carbocycles. The van der Waals surface area contributed by atoms with E-state index in [0.29, 0.717) is 11.8 Å². The number of aromatic nitrogens is 2. The van der Waals surface area contributed by atoms with Crippen LogP contribution in [-0.2, 0) is 6.18 Å². The Morgan fingerprint density at radius 2 is 1.90 bits per heavy atom. The van der Waals surface area contributed by atoms with Crippen molar-refractivity contribution < 1.29 is 13.2 Å². The second-order valence-corrected chi connectivity index (χ2v) is 6.21. The van der Waals surface area contributed by atoms with Crippen LogP contribution in [0.5, 0.6) is 0 Å². The first-order valence-electron chi connectivity index (χ1n) is 7.26. The molecule has 1 unspecified atom stereocenters. The molecule has 2 aromatic rings. The Kier molecular flexibility index (Phi) is 2.79. The van der Waals surface area contributed by atoms with Gasteiger partial charge in [0.05, 0.1) is 23.6 Å². The Hall–Kier alpha value is -1.56. The third kappa shape index (κ3) is 2.12. The SMILES string of the molecule is FC(F)(F)c1cc([C@H]2CC3CNC[C@H]3C2)c2cncn2c1. The lowest BCUT2D eigenvalue weighted by atomic mass is 9.94. The van der Waals surface area contributed by atoms with Crippen molar-refractivity contribution in [3.63, 3.8) is 0 Å². The van der Waals surface area contributed by atoms with Gasteiger partial charge in [0.25, 0.3) is 0 Å². The van der Waals surface area contributed by atoms with Crippen LogP contribution < -0.4 is 5.32 Å². The van der Waals surface area contributed by atoms with Crippen LogP contribution in [0.2, 0.25) is 0 Å². The van der Waals surface area contributed by atoms with Gasteiger partial charge in [0.1, 0.15) is 0 Å². The van der Waals surface area contributed by atoms with Gasteiger partial charge in [-0.15, -0.1) is 0 Å². The summed E-state index contributed by atoms with van der Waals surface area (Å²) >= 11 is 0. The number of hydrogen-bond acceptors (Lipinski definition) is 2. The first-order chi connectivity index (χ1) is 10.0. The normalized spacial score (nSPS) is 29.2. The fraction of sp³-hybridized carbons (Fsp3) is 0.533. The third-order valence-electron chi connectivity index (χ3n) is 4.97. The van der Waals surface area contributed by atoms with Gasteiger partial charge in [0, 0.05) is 6.20 Å². The number of alkyl halides is 3. The van der Waals surface area contributed by atoms with Crippen molar-refractivity contribution >= 4 is 5.52 Å². The summed E-state index contributed by atoms with van der Waals surface area (Å²) in [6, 6.07) is 1.33. The Labute approximate surface area is 120 Å². The molecule has 2 fully saturated rings. The van der Waals surface area contributed by atoms with Gasteiger partial charge in [0.15, 0.2) is 0 Å². The topological polar surface area (TPSA) is 29.3 Å². The molecule has 3 heterocycles. The number of rotatable bonds is 1. The van der Waals surface area contributed by atoms with Crippen LogP contribution in [0.25, 0.3) is 5.52 Å². The van der Waals surface area contributed by atoms with Gasteiger partial charge in [-0.25, -0.2) is 4.98 Å². The van der Waals surface area contributed by atoms with Gasteiger partial charge in [-0.1, -0.05) is 0 Å². The zero-order valence-corrected chi connectivity index (χ0v) is 11.4. The highest BCUT2D eigenvalue weighted by Crippen LogP contribution is 2.46. The molecule has 1 aliphatic heterocycles. The van der Waals surface area contributed by atoms with Gasteiger partial charge < -0.3 is 9.72 Å². The van der Waals surface area contributed by atoms with Crippen LogP contribution in [0, 0.1) is 11.8 Å². The first-order valence-corrected chi connectivity index (χ1v) is 7.26. The van der Waals surface area contributed by atoms with Gasteiger partial charge in [-0.2, -0.15) is 13.2 Å². The van der Waals surface area contributed by atoms with E-state index in [2.05, 4.69) is 10.3 Å². The lowest BCUT2D eigenvalue weighted by Gasteiger charge is -2.16. The second-order valence-electron chi connectivity index (χ2n) is 6.21. The molecule has 1 aliphatic carbocycles. The summed E-state index contributed by atoms with van der Waals surface area (Å²) in [5.41, 5.74) is 1.02. The lowest BCUT2D eigenvalue weighted by Crippen LogP contribution is -2.13. The van der Waals surface area contributed by atoms with Crippen LogP contribution in [0.15, 0.2) is 24.8 Å². The molecule has 1 saturated heterocycles. The maximum Gasteiger partial charge on any atom is 0.417 e. The molecule has 0 bridgehead atoms. The van der Waals surface area contributed by atoms with E-state index in [1.165, 1.54) is 16.8 Å². The standard InChI is InChI=1S/C15H16F3N3/c16-15(17,18)12-3-13(14-6-20-8-21(14)7-12)9-1-10-4-19-5-11(10)2-9/h3,6-11,19H,1-2,4-5H2/t9-,10-,11?/m1/s1. The zero-order chi connectivity index (χ0) is 14.6. The molecule has 0 aromatic carbocycles.